The predicted molar refractivity (Wildman–Crippen MR) is 114 cm³/mol. The van der Waals surface area contributed by atoms with Crippen LogP contribution in [-0.4, -0.2) is 65.1 Å². The fourth-order valence-corrected chi connectivity index (χ4v) is 4.61. The van der Waals surface area contributed by atoms with Crippen molar-refractivity contribution in [2.24, 2.45) is 0 Å². The minimum absolute atomic E-state index is 0.0372. The lowest BCUT2D eigenvalue weighted by atomic mass is 10.0. The van der Waals surface area contributed by atoms with Crippen LogP contribution in [0, 0.1) is 0 Å². The smallest absolute Gasteiger partial charge is 0.240 e. The van der Waals surface area contributed by atoms with Crippen LogP contribution in [0.5, 0.6) is 5.75 Å². The first-order chi connectivity index (χ1) is 13.4. The molecular formula is C20H26BrN3O3S. The minimum Gasteiger partial charge on any atom is -0.497 e. The quantitative estimate of drug-likeness (QED) is 0.677. The Morgan fingerprint density at radius 1 is 1.04 bits per heavy atom. The van der Waals surface area contributed by atoms with Crippen LogP contribution >= 0.6 is 15.9 Å². The SMILES string of the molecule is COc1ccc([C@@H](CNS(=O)(=O)c2ccc(Br)cc2)N2CCN(C)CC2)cc1. The maximum Gasteiger partial charge on any atom is 0.240 e. The molecule has 1 fully saturated rings. The van der Waals surface area contributed by atoms with Gasteiger partial charge in [0.05, 0.1) is 12.0 Å². The normalized spacial score (nSPS) is 17.4. The van der Waals surface area contributed by atoms with E-state index in [0.29, 0.717) is 6.54 Å². The summed E-state index contributed by atoms with van der Waals surface area (Å²) in [4.78, 5) is 4.89. The first-order valence-corrected chi connectivity index (χ1v) is 11.5. The second-order valence-electron chi connectivity index (χ2n) is 6.93. The molecule has 2 aromatic rings. The van der Waals surface area contributed by atoms with Crippen LogP contribution in [0.4, 0.5) is 0 Å². The highest BCUT2D eigenvalue weighted by Crippen LogP contribution is 2.25. The van der Waals surface area contributed by atoms with Gasteiger partial charge < -0.3 is 9.64 Å². The first kappa shape index (κ1) is 21.3. The summed E-state index contributed by atoms with van der Waals surface area (Å²) in [6.07, 6.45) is 0. The van der Waals surface area contributed by atoms with Crippen molar-refractivity contribution in [3.8, 4) is 5.75 Å². The van der Waals surface area contributed by atoms with Crippen LogP contribution in [0.2, 0.25) is 0 Å². The minimum atomic E-state index is -3.57. The maximum absolute atomic E-state index is 12.7. The van der Waals surface area contributed by atoms with Crippen LogP contribution in [0.1, 0.15) is 11.6 Å². The first-order valence-electron chi connectivity index (χ1n) is 9.21. The van der Waals surface area contributed by atoms with Gasteiger partial charge >= 0.3 is 0 Å². The van der Waals surface area contributed by atoms with Crippen molar-refractivity contribution in [2.45, 2.75) is 10.9 Å². The van der Waals surface area contributed by atoms with Crippen molar-refractivity contribution in [3.63, 3.8) is 0 Å². The lowest BCUT2D eigenvalue weighted by Gasteiger charge is -2.38. The van der Waals surface area contributed by atoms with E-state index in [9.17, 15) is 8.42 Å². The zero-order valence-electron chi connectivity index (χ0n) is 16.1. The van der Waals surface area contributed by atoms with Crippen molar-refractivity contribution in [2.75, 3.05) is 46.9 Å². The molecule has 0 radical (unpaired) electrons. The molecule has 0 aliphatic carbocycles. The number of hydrogen-bond donors (Lipinski definition) is 1. The number of halogens is 1. The topological polar surface area (TPSA) is 61.9 Å². The van der Waals surface area contributed by atoms with E-state index in [1.165, 1.54) is 0 Å². The predicted octanol–water partition coefficient (Wildman–Crippen LogP) is 2.72. The molecule has 1 aliphatic heterocycles. The number of sulfonamides is 1. The fraction of sp³-hybridized carbons (Fsp3) is 0.400. The van der Waals surface area contributed by atoms with Gasteiger partial charge in [-0.3, -0.25) is 4.90 Å². The van der Waals surface area contributed by atoms with Gasteiger partial charge in [0.15, 0.2) is 0 Å². The van der Waals surface area contributed by atoms with Gasteiger partial charge in [0.2, 0.25) is 10.0 Å². The van der Waals surface area contributed by atoms with Crippen LogP contribution in [0.15, 0.2) is 57.9 Å². The van der Waals surface area contributed by atoms with E-state index in [4.69, 9.17) is 4.74 Å². The molecule has 28 heavy (non-hydrogen) atoms. The lowest BCUT2D eigenvalue weighted by molar-refractivity contribution is 0.113. The summed E-state index contributed by atoms with van der Waals surface area (Å²) in [7, 11) is 0.170. The van der Waals surface area contributed by atoms with E-state index in [0.717, 1.165) is 42.0 Å². The molecule has 3 rings (SSSR count). The third kappa shape index (κ3) is 5.33. The molecule has 0 amide bonds. The van der Waals surface area contributed by atoms with Gasteiger partial charge in [0, 0.05) is 43.2 Å². The summed E-state index contributed by atoms with van der Waals surface area (Å²) >= 11 is 3.34. The highest BCUT2D eigenvalue weighted by Gasteiger charge is 2.26. The average molecular weight is 468 g/mol. The zero-order chi connectivity index (χ0) is 20.1. The molecule has 0 unspecified atom stereocenters. The van der Waals surface area contributed by atoms with Gasteiger partial charge in [-0.2, -0.15) is 0 Å². The Morgan fingerprint density at radius 3 is 2.21 bits per heavy atom. The molecule has 152 valence electrons. The third-order valence-electron chi connectivity index (χ3n) is 5.07. The number of nitrogens with zero attached hydrogens (tertiary/aromatic N) is 2. The molecule has 1 heterocycles. The summed E-state index contributed by atoms with van der Waals surface area (Å²) in [5.41, 5.74) is 1.07. The van der Waals surface area contributed by atoms with Crippen LogP contribution in [-0.2, 0) is 10.0 Å². The van der Waals surface area contributed by atoms with Crippen molar-refractivity contribution in [1.29, 1.82) is 0 Å². The lowest BCUT2D eigenvalue weighted by Crippen LogP contribution is -2.48. The van der Waals surface area contributed by atoms with Crippen LogP contribution in [0.25, 0.3) is 0 Å². The van der Waals surface area contributed by atoms with Crippen LogP contribution in [0.3, 0.4) is 0 Å². The van der Waals surface area contributed by atoms with Crippen molar-refractivity contribution in [3.05, 3.63) is 58.6 Å². The number of nitrogens with one attached hydrogen (secondary N) is 1. The largest absolute Gasteiger partial charge is 0.497 e. The van der Waals surface area contributed by atoms with Crippen molar-refractivity contribution in [1.82, 2.24) is 14.5 Å². The molecule has 1 saturated heterocycles. The second-order valence-corrected chi connectivity index (χ2v) is 9.62. The van der Waals surface area contributed by atoms with Gasteiger partial charge in [-0.25, -0.2) is 13.1 Å². The van der Waals surface area contributed by atoms with E-state index in [1.54, 1.807) is 31.4 Å². The van der Waals surface area contributed by atoms with E-state index in [2.05, 4.69) is 37.5 Å². The summed E-state index contributed by atoms with van der Waals surface area (Å²) in [6, 6.07) is 14.5. The third-order valence-corrected chi connectivity index (χ3v) is 7.04. The average Bonchev–Trinajstić information content (AvgIpc) is 2.70. The number of piperazine rings is 1. The Morgan fingerprint density at radius 2 is 1.64 bits per heavy atom. The molecule has 0 spiro atoms. The molecule has 0 aromatic heterocycles. The van der Waals surface area contributed by atoms with E-state index in [1.807, 2.05) is 24.3 Å². The van der Waals surface area contributed by atoms with Crippen LogP contribution < -0.4 is 9.46 Å². The van der Waals surface area contributed by atoms with Crippen molar-refractivity contribution < 1.29 is 13.2 Å². The van der Waals surface area contributed by atoms with E-state index < -0.39 is 10.0 Å². The Balaban J connectivity index is 1.79. The maximum atomic E-state index is 12.7. The molecule has 6 nitrogen and oxygen atoms in total. The summed E-state index contributed by atoms with van der Waals surface area (Å²) in [6.45, 7) is 4.03. The van der Waals surface area contributed by atoms with Gasteiger partial charge in [-0.05, 0) is 49.0 Å². The standard InChI is InChI=1S/C20H26BrN3O3S/c1-23-11-13-24(14-12-23)20(16-3-7-18(27-2)8-4-16)15-22-28(25,26)19-9-5-17(21)6-10-19/h3-10,20,22H,11-15H2,1-2H3/t20-/m1/s1. The zero-order valence-corrected chi connectivity index (χ0v) is 18.5. The summed E-state index contributed by atoms with van der Waals surface area (Å²) < 4.78 is 34.4. The van der Waals surface area contributed by atoms with Gasteiger partial charge in [-0.1, -0.05) is 28.1 Å². The van der Waals surface area contributed by atoms with E-state index in [-0.39, 0.29) is 10.9 Å². The van der Waals surface area contributed by atoms with Gasteiger partial charge in [0.25, 0.3) is 0 Å². The second kappa shape index (κ2) is 9.37. The molecular weight excluding hydrogens is 442 g/mol. The molecule has 1 N–H and O–H groups in total. The number of rotatable bonds is 7. The van der Waals surface area contributed by atoms with Gasteiger partial charge in [-0.15, -0.1) is 0 Å². The van der Waals surface area contributed by atoms with Gasteiger partial charge in [0.1, 0.15) is 5.75 Å². The number of likely N-dealkylation sites (N-methyl/N-ethyl adjacent to an activating group) is 1. The molecule has 0 bridgehead atoms. The Hall–Kier alpha value is -1.45. The number of methoxy groups -OCH3 is 1. The Labute approximate surface area is 175 Å². The highest BCUT2D eigenvalue weighted by atomic mass is 79.9. The monoisotopic (exact) mass is 467 g/mol. The number of hydrogen-bond acceptors (Lipinski definition) is 5. The molecule has 8 heteroatoms. The van der Waals surface area contributed by atoms with Crippen molar-refractivity contribution >= 4 is 26.0 Å². The van der Waals surface area contributed by atoms with E-state index >= 15 is 0 Å². The molecule has 1 atom stereocenters. The molecule has 0 saturated carbocycles. The summed E-state index contributed by atoms with van der Waals surface area (Å²) in [5.74, 6) is 0.788. The highest BCUT2D eigenvalue weighted by molar-refractivity contribution is 9.10. The summed E-state index contributed by atoms with van der Waals surface area (Å²) in [5, 5.41) is 0. The fourth-order valence-electron chi connectivity index (χ4n) is 3.30. The Bertz CT molecular complexity index is 865. The molecule has 2 aromatic carbocycles. The number of benzene rings is 2. The molecule has 1 aliphatic rings. The Kier molecular flexibility index (Phi) is 7.11. The number of ether oxygens (including phenoxy) is 1.